The predicted octanol–water partition coefficient (Wildman–Crippen LogP) is 3.90. The summed E-state index contributed by atoms with van der Waals surface area (Å²) in [5.74, 6) is 5.61. The van der Waals surface area contributed by atoms with Crippen molar-refractivity contribution in [3.63, 3.8) is 0 Å². The molecule has 6 heteroatoms. The van der Waals surface area contributed by atoms with Crippen LogP contribution in [0, 0.1) is 0 Å². The van der Waals surface area contributed by atoms with Gasteiger partial charge in [-0.25, -0.2) is 0 Å². The summed E-state index contributed by atoms with van der Waals surface area (Å²) in [5.41, 5.74) is 4.69. The first-order chi connectivity index (χ1) is 9.10. The fraction of sp³-hybridized carbons (Fsp3) is 0.154. The first-order valence-corrected chi connectivity index (χ1v) is 7.16. The van der Waals surface area contributed by atoms with Crippen LogP contribution in [0.3, 0.4) is 0 Å². The Hall–Kier alpha value is -0.650. The molecule has 1 heterocycles. The number of nitrogens with zero attached hydrogens (tertiary/aromatic N) is 1. The Morgan fingerprint density at radius 3 is 2.58 bits per heavy atom. The van der Waals surface area contributed by atoms with Gasteiger partial charge in [0.1, 0.15) is 0 Å². The maximum Gasteiger partial charge on any atom is 0.0595 e. The lowest BCUT2D eigenvalue weighted by Gasteiger charge is -2.16. The highest BCUT2D eigenvalue weighted by molar-refractivity contribution is 9.10. The van der Waals surface area contributed by atoms with Gasteiger partial charge in [-0.3, -0.25) is 16.3 Å². The SMILES string of the molecule is NNC(Cc1ccc(Br)cn1)c1ccc(Cl)c(Cl)c1. The Morgan fingerprint density at radius 2 is 2.00 bits per heavy atom. The van der Waals surface area contributed by atoms with Crippen LogP contribution in [-0.2, 0) is 6.42 Å². The molecular formula is C13H12BrCl2N3. The van der Waals surface area contributed by atoms with Crippen molar-refractivity contribution in [2.24, 2.45) is 5.84 Å². The number of aromatic nitrogens is 1. The summed E-state index contributed by atoms with van der Waals surface area (Å²) in [4.78, 5) is 4.33. The van der Waals surface area contributed by atoms with Gasteiger partial charge in [0.25, 0.3) is 0 Å². The Bertz CT molecular complexity index is 560. The molecule has 100 valence electrons. The Labute approximate surface area is 130 Å². The summed E-state index contributed by atoms with van der Waals surface area (Å²) in [6.07, 6.45) is 2.43. The van der Waals surface area contributed by atoms with Crippen molar-refractivity contribution in [1.29, 1.82) is 0 Å². The van der Waals surface area contributed by atoms with Crippen molar-refractivity contribution in [1.82, 2.24) is 10.4 Å². The lowest BCUT2D eigenvalue weighted by molar-refractivity contribution is 0.546. The molecule has 3 nitrogen and oxygen atoms in total. The number of hydrogen-bond acceptors (Lipinski definition) is 3. The van der Waals surface area contributed by atoms with Crippen LogP contribution in [0.15, 0.2) is 41.0 Å². The molecule has 0 radical (unpaired) electrons. The fourth-order valence-electron chi connectivity index (χ4n) is 1.74. The second-order valence-corrected chi connectivity index (χ2v) is 5.79. The largest absolute Gasteiger partial charge is 0.271 e. The van der Waals surface area contributed by atoms with Crippen LogP contribution in [0.25, 0.3) is 0 Å². The van der Waals surface area contributed by atoms with E-state index in [0.29, 0.717) is 16.5 Å². The zero-order valence-corrected chi connectivity index (χ0v) is 13.0. The van der Waals surface area contributed by atoms with Gasteiger partial charge in [0.2, 0.25) is 0 Å². The second-order valence-electron chi connectivity index (χ2n) is 4.06. The van der Waals surface area contributed by atoms with E-state index in [1.165, 1.54) is 0 Å². The minimum atomic E-state index is -0.0663. The van der Waals surface area contributed by atoms with Crippen molar-refractivity contribution < 1.29 is 0 Å². The van der Waals surface area contributed by atoms with E-state index in [4.69, 9.17) is 29.0 Å². The maximum atomic E-state index is 6.02. The molecule has 1 atom stereocenters. The molecule has 0 aliphatic carbocycles. The molecule has 0 spiro atoms. The predicted molar refractivity (Wildman–Crippen MR) is 82.2 cm³/mol. The third kappa shape index (κ3) is 3.91. The van der Waals surface area contributed by atoms with Crippen molar-refractivity contribution in [2.45, 2.75) is 12.5 Å². The summed E-state index contributed by atoms with van der Waals surface area (Å²) < 4.78 is 0.947. The number of hydrogen-bond donors (Lipinski definition) is 2. The summed E-state index contributed by atoms with van der Waals surface area (Å²) in [6.45, 7) is 0. The van der Waals surface area contributed by atoms with Crippen LogP contribution < -0.4 is 11.3 Å². The highest BCUT2D eigenvalue weighted by atomic mass is 79.9. The fourth-order valence-corrected chi connectivity index (χ4v) is 2.28. The van der Waals surface area contributed by atoms with E-state index in [9.17, 15) is 0 Å². The van der Waals surface area contributed by atoms with E-state index in [-0.39, 0.29) is 6.04 Å². The minimum Gasteiger partial charge on any atom is -0.271 e. The summed E-state index contributed by atoms with van der Waals surface area (Å²) in [7, 11) is 0. The lowest BCUT2D eigenvalue weighted by atomic mass is 10.0. The highest BCUT2D eigenvalue weighted by Crippen LogP contribution is 2.26. The molecular weight excluding hydrogens is 349 g/mol. The van der Waals surface area contributed by atoms with Crippen LogP contribution in [0.5, 0.6) is 0 Å². The topological polar surface area (TPSA) is 50.9 Å². The highest BCUT2D eigenvalue weighted by Gasteiger charge is 2.12. The van der Waals surface area contributed by atoms with Gasteiger partial charge in [-0.1, -0.05) is 29.3 Å². The smallest absolute Gasteiger partial charge is 0.0595 e. The van der Waals surface area contributed by atoms with Crippen molar-refractivity contribution >= 4 is 39.1 Å². The molecule has 2 rings (SSSR count). The first kappa shape index (κ1) is 14.8. The molecule has 0 aliphatic heterocycles. The van der Waals surface area contributed by atoms with Gasteiger partial charge < -0.3 is 0 Å². The van der Waals surface area contributed by atoms with Crippen molar-refractivity contribution in [3.8, 4) is 0 Å². The monoisotopic (exact) mass is 359 g/mol. The van der Waals surface area contributed by atoms with Crippen LogP contribution in [0.4, 0.5) is 0 Å². The summed E-state index contributed by atoms with van der Waals surface area (Å²) in [6, 6.07) is 9.31. The Morgan fingerprint density at radius 1 is 1.21 bits per heavy atom. The van der Waals surface area contributed by atoms with E-state index in [1.54, 1.807) is 12.3 Å². The lowest BCUT2D eigenvalue weighted by Crippen LogP contribution is -2.29. The van der Waals surface area contributed by atoms with Crippen molar-refractivity contribution in [2.75, 3.05) is 0 Å². The van der Waals surface area contributed by atoms with Crippen LogP contribution in [-0.4, -0.2) is 4.98 Å². The third-order valence-corrected chi connectivity index (χ3v) is 3.96. The molecule has 0 saturated carbocycles. The molecule has 1 unspecified atom stereocenters. The third-order valence-electron chi connectivity index (χ3n) is 2.75. The minimum absolute atomic E-state index is 0.0663. The molecule has 19 heavy (non-hydrogen) atoms. The summed E-state index contributed by atoms with van der Waals surface area (Å²) >= 11 is 15.3. The van der Waals surface area contributed by atoms with E-state index < -0.39 is 0 Å². The second kappa shape index (κ2) is 6.68. The Kier molecular flexibility index (Phi) is 5.19. The molecule has 0 bridgehead atoms. The van der Waals surface area contributed by atoms with Gasteiger partial charge in [0.05, 0.1) is 16.1 Å². The standard InChI is InChI=1S/C13H12BrCl2N3/c14-9-2-3-10(18-7-9)6-13(19-17)8-1-4-11(15)12(16)5-8/h1-5,7,13,19H,6,17H2. The van der Waals surface area contributed by atoms with Gasteiger partial charge in [0.15, 0.2) is 0 Å². The van der Waals surface area contributed by atoms with Crippen molar-refractivity contribution in [3.05, 3.63) is 62.3 Å². The van der Waals surface area contributed by atoms with Crippen LogP contribution in [0.2, 0.25) is 10.0 Å². The molecule has 1 aromatic carbocycles. The number of halogens is 3. The normalized spacial score (nSPS) is 12.4. The van der Waals surface area contributed by atoms with Gasteiger partial charge in [-0.05, 0) is 45.8 Å². The number of benzene rings is 1. The molecule has 0 saturated heterocycles. The molecule has 0 fully saturated rings. The van der Waals surface area contributed by atoms with Crippen LogP contribution in [0.1, 0.15) is 17.3 Å². The molecule has 1 aromatic heterocycles. The van der Waals surface area contributed by atoms with Gasteiger partial charge >= 0.3 is 0 Å². The Balaban J connectivity index is 2.19. The average Bonchev–Trinajstić information content (AvgIpc) is 2.41. The number of hydrazine groups is 1. The van der Waals surface area contributed by atoms with Gasteiger partial charge in [-0.2, -0.15) is 0 Å². The zero-order chi connectivity index (χ0) is 13.8. The van der Waals surface area contributed by atoms with Crippen LogP contribution >= 0.6 is 39.1 Å². The number of pyridine rings is 1. The molecule has 2 aromatic rings. The molecule has 0 amide bonds. The quantitative estimate of drug-likeness (QED) is 0.642. The zero-order valence-electron chi connectivity index (χ0n) is 9.91. The van der Waals surface area contributed by atoms with E-state index in [0.717, 1.165) is 15.7 Å². The van der Waals surface area contributed by atoms with Gasteiger partial charge in [0, 0.05) is 22.8 Å². The average molecular weight is 361 g/mol. The molecule has 0 aliphatic rings. The number of nitrogens with two attached hydrogens (primary N) is 1. The first-order valence-electron chi connectivity index (χ1n) is 5.61. The maximum absolute atomic E-state index is 6.02. The summed E-state index contributed by atoms with van der Waals surface area (Å²) in [5, 5.41) is 1.05. The van der Waals surface area contributed by atoms with E-state index >= 15 is 0 Å². The van der Waals surface area contributed by atoms with Gasteiger partial charge in [-0.15, -0.1) is 0 Å². The van der Waals surface area contributed by atoms with E-state index in [1.807, 2.05) is 24.3 Å². The number of nitrogens with one attached hydrogen (secondary N) is 1. The molecule has 3 N–H and O–H groups in total. The number of rotatable bonds is 4. The van der Waals surface area contributed by atoms with E-state index in [2.05, 4.69) is 26.3 Å².